The van der Waals surface area contributed by atoms with Gasteiger partial charge in [0.25, 0.3) is 0 Å². The molecule has 0 saturated carbocycles. The van der Waals surface area contributed by atoms with Crippen LogP contribution in [0.1, 0.15) is 41.5 Å². The van der Waals surface area contributed by atoms with E-state index in [1.807, 2.05) is 0 Å². The summed E-state index contributed by atoms with van der Waals surface area (Å²) in [5, 5.41) is 0.467. The van der Waals surface area contributed by atoms with E-state index in [0.29, 0.717) is 0 Å². The highest BCUT2D eigenvalue weighted by atomic mass is 35.7. The minimum absolute atomic E-state index is 0.214. The maximum Gasteiger partial charge on any atom is 0.0494 e. The summed E-state index contributed by atoms with van der Waals surface area (Å²) >= 11 is 12.9. The Bertz CT molecular complexity index is 323. The first-order valence-electron chi connectivity index (χ1n) is 6.60. The van der Waals surface area contributed by atoms with Crippen LogP contribution in [0.5, 0.6) is 0 Å². The number of rotatable bonds is 4. The first kappa shape index (κ1) is 19.6. The molecule has 0 bridgehead atoms. The molecule has 1 unspecified atom stereocenters. The van der Waals surface area contributed by atoms with Gasteiger partial charge in [-0.05, 0) is 22.1 Å². The number of hydrogen-bond donors (Lipinski definition) is 0. The molecule has 0 aliphatic heterocycles. The summed E-state index contributed by atoms with van der Waals surface area (Å²) < 4.78 is 0. The van der Waals surface area contributed by atoms with Gasteiger partial charge in [0, 0.05) is 21.3 Å². The van der Waals surface area contributed by atoms with Crippen molar-refractivity contribution in [3.8, 4) is 0 Å². The maximum atomic E-state index is 6.72. The van der Waals surface area contributed by atoms with E-state index in [0.717, 1.165) is 5.90 Å². The molecule has 18 heavy (non-hydrogen) atoms. The largest absolute Gasteiger partial charge is 0.0968 e. The van der Waals surface area contributed by atoms with Crippen LogP contribution in [0.25, 0.3) is 0 Å². The summed E-state index contributed by atoms with van der Waals surface area (Å²) in [7, 11) is -1.62. The maximum absolute atomic E-state index is 6.72. The molecule has 0 heterocycles. The van der Waals surface area contributed by atoms with Gasteiger partial charge in [0.2, 0.25) is 0 Å². The third-order valence-corrected chi connectivity index (χ3v) is 21.9. The van der Waals surface area contributed by atoms with Crippen molar-refractivity contribution >= 4 is 44.4 Å². The van der Waals surface area contributed by atoms with Gasteiger partial charge in [0.05, 0.1) is 0 Å². The van der Waals surface area contributed by atoms with Crippen molar-refractivity contribution in [2.45, 2.75) is 71.5 Å². The first-order chi connectivity index (χ1) is 7.58. The predicted octanol–water partition coefficient (Wildman–Crippen LogP) is 6.53. The molecular weight excluding hydrogens is 314 g/mol. The Labute approximate surface area is 127 Å². The summed E-state index contributed by atoms with van der Waals surface area (Å²) in [4.78, 5) is 0. The Morgan fingerprint density at radius 3 is 1.67 bits per heavy atom. The van der Waals surface area contributed by atoms with Crippen LogP contribution in [0.3, 0.4) is 0 Å². The van der Waals surface area contributed by atoms with Crippen LogP contribution < -0.4 is 0 Å². The Kier molecular flexibility index (Phi) is 6.69. The Hall–Kier alpha value is 1.59. The van der Waals surface area contributed by atoms with Crippen LogP contribution >= 0.6 is 24.6 Å². The van der Waals surface area contributed by atoms with E-state index in [4.69, 9.17) is 23.0 Å². The summed E-state index contributed by atoms with van der Waals surface area (Å²) in [5.74, 6) is 2.40. The average molecular weight is 345 g/mol. The summed E-state index contributed by atoms with van der Waals surface area (Å²) in [6.07, 6.45) is 0. The highest BCUT2D eigenvalue weighted by Gasteiger charge is 2.39. The zero-order valence-electron chi connectivity index (χ0n) is 13.6. The van der Waals surface area contributed by atoms with E-state index in [1.165, 1.54) is 5.79 Å². The lowest BCUT2D eigenvalue weighted by Crippen LogP contribution is -2.32. The molecule has 0 spiro atoms. The van der Waals surface area contributed by atoms with Gasteiger partial charge in [0.1, 0.15) is 0 Å². The molecule has 0 fully saturated rings. The second-order valence-electron chi connectivity index (χ2n) is 8.45. The molecule has 5 heteroatoms. The lowest BCUT2D eigenvalue weighted by Gasteiger charge is -2.42. The van der Waals surface area contributed by atoms with E-state index in [9.17, 15) is 0 Å². The molecule has 0 aromatic rings. The van der Waals surface area contributed by atoms with E-state index in [-0.39, 0.29) is 10.3 Å². The molecular formula is C13H31ClP2SSi. The van der Waals surface area contributed by atoms with Crippen LogP contribution in [0.15, 0.2) is 0 Å². The van der Waals surface area contributed by atoms with Gasteiger partial charge >= 0.3 is 0 Å². The van der Waals surface area contributed by atoms with Gasteiger partial charge in [-0.25, -0.2) is 0 Å². The van der Waals surface area contributed by atoms with Gasteiger partial charge in [-0.1, -0.05) is 84.2 Å². The molecule has 0 aromatic carbocycles. The van der Waals surface area contributed by atoms with Crippen LogP contribution in [0.2, 0.25) is 19.6 Å². The van der Waals surface area contributed by atoms with Crippen LogP contribution in [-0.4, -0.2) is 30.1 Å². The molecule has 0 rings (SSSR count). The number of hydrogen-bond acceptors (Lipinski definition) is 1. The van der Waals surface area contributed by atoms with E-state index >= 15 is 0 Å². The lowest BCUT2D eigenvalue weighted by atomic mass is 10.3. The minimum Gasteiger partial charge on any atom is -0.0968 e. The molecule has 0 aliphatic rings. The zero-order valence-corrected chi connectivity index (χ0v) is 18.0. The van der Waals surface area contributed by atoms with Crippen molar-refractivity contribution in [2.75, 3.05) is 11.7 Å². The quantitative estimate of drug-likeness (QED) is 0.412. The summed E-state index contributed by atoms with van der Waals surface area (Å²) in [5.41, 5.74) is 0. The smallest absolute Gasteiger partial charge is 0.0494 e. The van der Waals surface area contributed by atoms with Crippen molar-refractivity contribution in [1.29, 1.82) is 0 Å². The minimum atomic E-state index is -1.39. The SMILES string of the molecule is CC(C)(C)P(Cl)C[P@@](=S)(C[Si](C)(C)C)C(C)(C)C. The van der Waals surface area contributed by atoms with Crippen LogP contribution in [-0.2, 0) is 11.8 Å². The van der Waals surface area contributed by atoms with E-state index in [2.05, 4.69) is 61.2 Å². The zero-order chi connectivity index (χ0) is 15.0. The monoisotopic (exact) mass is 344 g/mol. The normalized spacial score (nSPS) is 19.4. The molecule has 0 nitrogen and oxygen atoms in total. The molecule has 0 N–H and O–H groups in total. The van der Waals surface area contributed by atoms with Crippen LogP contribution in [0.4, 0.5) is 0 Å². The second kappa shape index (κ2) is 6.14. The second-order valence-corrected chi connectivity index (χ2v) is 24.5. The van der Waals surface area contributed by atoms with E-state index < -0.39 is 21.4 Å². The van der Waals surface area contributed by atoms with Gasteiger partial charge < -0.3 is 0 Å². The Balaban J connectivity index is 5.22. The van der Waals surface area contributed by atoms with Crippen molar-refractivity contribution in [1.82, 2.24) is 0 Å². The fraction of sp³-hybridized carbons (Fsp3) is 1.00. The van der Waals surface area contributed by atoms with Crippen molar-refractivity contribution < 1.29 is 0 Å². The van der Waals surface area contributed by atoms with Gasteiger partial charge in [-0.3, -0.25) is 0 Å². The van der Waals surface area contributed by atoms with E-state index in [1.54, 1.807) is 0 Å². The summed E-state index contributed by atoms with van der Waals surface area (Å²) in [6, 6.07) is -1.39. The van der Waals surface area contributed by atoms with Crippen molar-refractivity contribution in [3.63, 3.8) is 0 Å². The van der Waals surface area contributed by atoms with Gasteiger partial charge in [-0.2, -0.15) is 0 Å². The van der Waals surface area contributed by atoms with Crippen LogP contribution in [0, 0.1) is 0 Å². The number of halogens is 1. The molecule has 110 valence electrons. The fourth-order valence-electron chi connectivity index (χ4n) is 1.68. The lowest BCUT2D eigenvalue weighted by molar-refractivity contribution is 0.779. The first-order valence-corrected chi connectivity index (χ1v) is 15.9. The molecule has 0 aromatic heterocycles. The highest BCUT2D eigenvalue weighted by molar-refractivity contribution is 8.19. The highest BCUT2D eigenvalue weighted by Crippen LogP contribution is 2.70. The van der Waals surface area contributed by atoms with Crippen molar-refractivity contribution in [2.24, 2.45) is 0 Å². The molecule has 0 aliphatic carbocycles. The molecule has 2 atom stereocenters. The molecule has 0 radical (unpaired) electrons. The third-order valence-electron chi connectivity index (χ3n) is 3.03. The Morgan fingerprint density at radius 2 is 1.44 bits per heavy atom. The van der Waals surface area contributed by atoms with Gasteiger partial charge in [-0.15, -0.1) is 0 Å². The predicted molar refractivity (Wildman–Crippen MR) is 99.6 cm³/mol. The standard InChI is InChI=1S/C13H31ClP2SSi/c1-12(2,3)15(14)10-16(17,13(4,5)6)11-18(7,8)9/h10-11H2,1-9H3/t15?,16-/m1/s1. The molecule has 0 saturated heterocycles. The van der Waals surface area contributed by atoms with Crippen molar-refractivity contribution in [3.05, 3.63) is 0 Å². The van der Waals surface area contributed by atoms with Gasteiger partial charge in [0.15, 0.2) is 0 Å². The Morgan fingerprint density at radius 1 is 1.06 bits per heavy atom. The summed E-state index contributed by atoms with van der Waals surface area (Å²) in [6.45, 7) is 21.1. The average Bonchev–Trinajstić information content (AvgIpc) is 1.95. The third kappa shape index (κ3) is 6.36. The fourth-order valence-corrected chi connectivity index (χ4v) is 22.7. The topological polar surface area (TPSA) is 0 Å². The molecule has 0 amide bonds.